The van der Waals surface area contributed by atoms with Crippen molar-refractivity contribution in [2.45, 2.75) is 27.7 Å². The number of ether oxygens (including phenoxy) is 1. The van der Waals surface area contributed by atoms with E-state index in [0.717, 1.165) is 39.3 Å². The van der Waals surface area contributed by atoms with Crippen LogP contribution >= 0.6 is 0 Å². The van der Waals surface area contributed by atoms with Crippen LogP contribution in [0.3, 0.4) is 0 Å². The van der Waals surface area contributed by atoms with E-state index < -0.39 is 0 Å². The van der Waals surface area contributed by atoms with Crippen molar-refractivity contribution in [3.63, 3.8) is 0 Å². The molecule has 0 saturated carbocycles. The maximum Gasteiger partial charge on any atom is 0.161 e. The summed E-state index contributed by atoms with van der Waals surface area (Å²) in [5, 5.41) is 14.8. The van der Waals surface area contributed by atoms with Crippen LogP contribution < -0.4 is 10.1 Å². The first-order valence-corrected chi connectivity index (χ1v) is 9.72. The molecule has 0 spiro atoms. The largest absolute Gasteiger partial charge is 0.497 e. The van der Waals surface area contributed by atoms with E-state index in [-0.39, 0.29) is 0 Å². The van der Waals surface area contributed by atoms with Crippen molar-refractivity contribution in [1.82, 2.24) is 10.2 Å². The van der Waals surface area contributed by atoms with Gasteiger partial charge in [0.2, 0.25) is 0 Å². The van der Waals surface area contributed by atoms with Crippen molar-refractivity contribution in [1.29, 1.82) is 0 Å². The molecule has 0 radical (unpaired) electrons. The number of nitrogens with zero attached hydrogens (tertiary/aromatic N) is 2. The second-order valence-corrected chi connectivity index (χ2v) is 7.55. The van der Waals surface area contributed by atoms with Gasteiger partial charge in [-0.05, 0) is 92.4 Å². The minimum Gasteiger partial charge on any atom is -0.497 e. The van der Waals surface area contributed by atoms with Gasteiger partial charge in [-0.25, -0.2) is 0 Å². The van der Waals surface area contributed by atoms with Crippen molar-refractivity contribution in [2.24, 2.45) is 0 Å². The lowest BCUT2D eigenvalue weighted by Gasteiger charge is -2.15. The number of aryl methyl sites for hydroxylation is 4. The third kappa shape index (κ3) is 3.66. The van der Waals surface area contributed by atoms with E-state index >= 15 is 0 Å². The highest BCUT2D eigenvalue weighted by Gasteiger charge is 2.14. The van der Waals surface area contributed by atoms with Crippen molar-refractivity contribution in [3.8, 4) is 17.0 Å². The fourth-order valence-electron chi connectivity index (χ4n) is 3.47. The second-order valence-electron chi connectivity index (χ2n) is 7.55. The molecule has 4 rings (SSSR count). The quantitative estimate of drug-likeness (QED) is 0.450. The topological polar surface area (TPSA) is 47.0 Å². The summed E-state index contributed by atoms with van der Waals surface area (Å²) in [6.07, 6.45) is 0. The van der Waals surface area contributed by atoms with Crippen LogP contribution in [0.15, 0.2) is 54.6 Å². The Labute approximate surface area is 171 Å². The van der Waals surface area contributed by atoms with Crippen molar-refractivity contribution in [3.05, 3.63) is 76.9 Å². The first-order chi connectivity index (χ1) is 14.0. The summed E-state index contributed by atoms with van der Waals surface area (Å²) in [4.78, 5) is 0. The molecule has 0 fully saturated rings. The summed E-state index contributed by atoms with van der Waals surface area (Å²) in [6.45, 7) is 8.45. The lowest BCUT2D eigenvalue weighted by Crippen LogP contribution is -2.01. The summed E-state index contributed by atoms with van der Waals surface area (Å²) in [5.74, 6) is 1.60. The summed E-state index contributed by atoms with van der Waals surface area (Å²) >= 11 is 0. The van der Waals surface area contributed by atoms with Crippen molar-refractivity contribution >= 4 is 22.3 Å². The van der Waals surface area contributed by atoms with Gasteiger partial charge in [0.1, 0.15) is 11.4 Å². The first kappa shape index (κ1) is 18.9. The number of aromatic nitrogens is 2. The molecular weight excluding hydrogens is 358 g/mol. The molecule has 0 saturated heterocycles. The highest BCUT2D eigenvalue weighted by Crippen LogP contribution is 2.34. The van der Waals surface area contributed by atoms with Gasteiger partial charge >= 0.3 is 0 Å². The van der Waals surface area contributed by atoms with Gasteiger partial charge in [0.15, 0.2) is 5.82 Å². The number of fused-ring (bicyclic) bond motifs is 1. The Bertz CT molecular complexity index is 1200. The van der Waals surface area contributed by atoms with Crippen LogP contribution in [-0.2, 0) is 0 Å². The first-order valence-electron chi connectivity index (χ1n) is 9.72. The molecule has 0 aliphatic carbocycles. The molecule has 0 unspecified atom stereocenters. The zero-order valence-corrected chi connectivity index (χ0v) is 17.5. The maximum absolute atomic E-state index is 5.29. The van der Waals surface area contributed by atoms with Crippen LogP contribution in [-0.4, -0.2) is 17.3 Å². The monoisotopic (exact) mass is 383 g/mol. The predicted molar refractivity (Wildman–Crippen MR) is 120 cm³/mol. The molecule has 3 aromatic carbocycles. The van der Waals surface area contributed by atoms with Crippen LogP contribution in [0.5, 0.6) is 5.75 Å². The van der Waals surface area contributed by atoms with E-state index in [9.17, 15) is 0 Å². The van der Waals surface area contributed by atoms with Crippen LogP contribution in [0.25, 0.3) is 22.0 Å². The number of nitrogens with one attached hydrogen (secondary N) is 1. The predicted octanol–water partition coefficient (Wildman–Crippen LogP) is 6.28. The Morgan fingerprint density at radius 1 is 0.724 bits per heavy atom. The SMILES string of the molecule is COc1ccc(-c2nnc(Nc3cc(C)ccc3C)c3cc(C)c(C)cc23)cc1. The Morgan fingerprint density at radius 3 is 2.10 bits per heavy atom. The third-order valence-corrected chi connectivity index (χ3v) is 5.40. The van der Waals surface area contributed by atoms with E-state index in [0.29, 0.717) is 0 Å². The number of rotatable bonds is 4. The molecule has 0 atom stereocenters. The van der Waals surface area contributed by atoms with Crippen LogP contribution in [0.1, 0.15) is 22.3 Å². The molecule has 1 aromatic heterocycles. The highest BCUT2D eigenvalue weighted by molar-refractivity contribution is 6.01. The molecule has 0 bridgehead atoms. The third-order valence-electron chi connectivity index (χ3n) is 5.40. The van der Waals surface area contributed by atoms with Gasteiger partial charge in [0.25, 0.3) is 0 Å². The molecule has 0 aliphatic heterocycles. The summed E-state index contributed by atoms with van der Waals surface area (Å²) in [6, 6.07) is 18.7. The highest BCUT2D eigenvalue weighted by atomic mass is 16.5. The van der Waals surface area contributed by atoms with E-state index in [1.54, 1.807) is 7.11 Å². The standard InChI is InChI=1S/C25H25N3O/c1-15-6-7-16(2)23(12-15)26-25-22-14-18(4)17(3)13-21(22)24(27-28-25)19-8-10-20(29-5)11-9-19/h6-14H,1-5H3,(H,26,28). The number of benzene rings is 3. The zero-order chi connectivity index (χ0) is 20.5. The Balaban J connectivity index is 1.89. The molecule has 146 valence electrons. The van der Waals surface area contributed by atoms with Crippen LogP contribution in [0.4, 0.5) is 11.5 Å². The molecule has 1 N–H and O–H groups in total. The molecule has 29 heavy (non-hydrogen) atoms. The lowest BCUT2D eigenvalue weighted by molar-refractivity contribution is 0.415. The smallest absolute Gasteiger partial charge is 0.161 e. The molecule has 1 heterocycles. The minimum atomic E-state index is 0.772. The Morgan fingerprint density at radius 2 is 1.41 bits per heavy atom. The van der Waals surface area contributed by atoms with E-state index in [2.05, 4.69) is 73.5 Å². The average molecular weight is 383 g/mol. The van der Waals surface area contributed by atoms with Crippen LogP contribution in [0.2, 0.25) is 0 Å². The Kier molecular flexibility index (Phi) is 4.93. The van der Waals surface area contributed by atoms with Gasteiger partial charge in [0, 0.05) is 22.0 Å². The van der Waals surface area contributed by atoms with Gasteiger partial charge in [0.05, 0.1) is 7.11 Å². The van der Waals surface area contributed by atoms with Crippen LogP contribution in [0, 0.1) is 27.7 Å². The summed E-state index contributed by atoms with van der Waals surface area (Å²) in [5.41, 5.74) is 7.79. The second kappa shape index (κ2) is 7.55. The summed E-state index contributed by atoms with van der Waals surface area (Å²) in [7, 11) is 1.67. The normalized spacial score (nSPS) is 10.9. The number of anilines is 2. The maximum atomic E-state index is 5.29. The molecule has 4 heteroatoms. The average Bonchev–Trinajstić information content (AvgIpc) is 2.72. The van der Waals surface area contributed by atoms with Crippen molar-refractivity contribution < 1.29 is 4.74 Å². The van der Waals surface area contributed by atoms with Gasteiger partial charge in [-0.1, -0.05) is 12.1 Å². The fraction of sp³-hybridized carbons (Fsp3) is 0.200. The molecule has 0 amide bonds. The van der Waals surface area contributed by atoms with Gasteiger partial charge in [-0.15, -0.1) is 10.2 Å². The van der Waals surface area contributed by atoms with E-state index in [4.69, 9.17) is 4.74 Å². The fourth-order valence-corrected chi connectivity index (χ4v) is 3.47. The van der Waals surface area contributed by atoms with E-state index in [1.807, 2.05) is 24.3 Å². The van der Waals surface area contributed by atoms with Gasteiger partial charge in [-0.3, -0.25) is 0 Å². The van der Waals surface area contributed by atoms with Crippen molar-refractivity contribution in [2.75, 3.05) is 12.4 Å². The molecule has 4 aromatic rings. The van der Waals surface area contributed by atoms with E-state index in [1.165, 1.54) is 22.3 Å². The minimum absolute atomic E-state index is 0.772. The zero-order valence-electron chi connectivity index (χ0n) is 17.5. The Hall–Kier alpha value is -3.40. The molecule has 0 aliphatic rings. The number of hydrogen-bond donors (Lipinski definition) is 1. The lowest BCUT2D eigenvalue weighted by atomic mass is 9.99. The summed E-state index contributed by atoms with van der Waals surface area (Å²) < 4.78 is 5.29. The van der Waals surface area contributed by atoms with Gasteiger partial charge in [-0.2, -0.15) is 0 Å². The molecular formula is C25H25N3O. The molecule has 4 nitrogen and oxygen atoms in total. The number of methoxy groups -OCH3 is 1. The number of hydrogen-bond acceptors (Lipinski definition) is 4. The van der Waals surface area contributed by atoms with Gasteiger partial charge < -0.3 is 10.1 Å².